The molecule has 2 heterocycles. The Hall–Kier alpha value is -2.50. The number of rotatable bonds is 3. The van der Waals surface area contributed by atoms with Crippen molar-refractivity contribution in [2.75, 3.05) is 12.0 Å². The van der Waals surface area contributed by atoms with Crippen LogP contribution in [0.1, 0.15) is 38.2 Å². The molecule has 0 unspecified atom stereocenters. The maximum atomic E-state index is 12.3. The van der Waals surface area contributed by atoms with Crippen LogP contribution in [0, 0.1) is 0 Å². The number of carbonyl (C=O) groups is 1. The number of benzene rings is 1. The van der Waals surface area contributed by atoms with E-state index in [-0.39, 0.29) is 18.2 Å². The number of carbonyl (C=O) groups excluding carboxylic acids is 1. The van der Waals surface area contributed by atoms with Crippen molar-refractivity contribution >= 4 is 11.8 Å². The fraction of sp³-hybridized carbons (Fsp3) is 0.474. The van der Waals surface area contributed by atoms with Gasteiger partial charge in [0.1, 0.15) is 5.75 Å². The van der Waals surface area contributed by atoms with Crippen LogP contribution in [0.2, 0.25) is 0 Å². The third kappa shape index (κ3) is 2.75. The monoisotopic (exact) mass is 341 g/mol. The van der Waals surface area contributed by atoms with E-state index in [4.69, 9.17) is 9.47 Å². The van der Waals surface area contributed by atoms with Gasteiger partial charge in [0, 0.05) is 28.9 Å². The molecule has 1 amide bonds. The number of nitrogens with zero attached hydrogens (tertiary/aromatic N) is 2. The molecule has 0 spiro atoms. The lowest BCUT2D eigenvalue weighted by Crippen LogP contribution is -2.42. The summed E-state index contributed by atoms with van der Waals surface area (Å²) in [6.07, 6.45) is 8.79. The van der Waals surface area contributed by atoms with Gasteiger partial charge in [-0.15, -0.1) is 0 Å². The normalized spacial score (nSPS) is 19.9. The highest BCUT2D eigenvalue weighted by molar-refractivity contribution is 5.92. The number of nitrogens with one attached hydrogen (secondary N) is 1. The van der Waals surface area contributed by atoms with E-state index in [2.05, 4.69) is 17.1 Å². The van der Waals surface area contributed by atoms with E-state index in [0.717, 1.165) is 53.8 Å². The van der Waals surface area contributed by atoms with Crippen LogP contribution in [-0.2, 0) is 11.2 Å². The van der Waals surface area contributed by atoms with Crippen LogP contribution in [-0.4, -0.2) is 35.5 Å². The van der Waals surface area contributed by atoms with Gasteiger partial charge in [0.05, 0.1) is 25.1 Å². The highest BCUT2D eigenvalue weighted by Gasteiger charge is 2.33. The first-order valence-electron chi connectivity index (χ1n) is 8.88. The van der Waals surface area contributed by atoms with E-state index in [1.807, 2.05) is 18.3 Å². The summed E-state index contributed by atoms with van der Waals surface area (Å²) in [5.74, 6) is 0.893. The molecule has 0 bridgehead atoms. The highest BCUT2D eigenvalue weighted by Crippen LogP contribution is 2.44. The SMILES string of the molecule is COC(=O)N1c2ccc(-c3cn[nH]c3)c(OC3CCC3)c2CC[C@@H]1C. The number of amides is 1. The zero-order chi connectivity index (χ0) is 17.4. The summed E-state index contributed by atoms with van der Waals surface area (Å²) < 4.78 is 11.4. The van der Waals surface area contributed by atoms with Gasteiger partial charge in [-0.3, -0.25) is 10.00 Å². The first-order chi connectivity index (χ1) is 12.2. The second-order valence-corrected chi connectivity index (χ2v) is 6.83. The Morgan fingerprint density at radius 2 is 2.16 bits per heavy atom. The molecule has 25 heavy (non-hydrogen) atoms. The van der Waals surface area contributed by atoms with Crippen molar-refractivity contribution in [3.63, 3.8) is 0 Å². The molecule has 6 heteroatoms. The van der Waals surface area contributed by atoms with E-state index in [9.17, 15) is 4.79 Å². The van der Waals surface area contributed by atoms with Gasteiger partial charge in [0.25, 0.3) is 0 Å². The van der Waals surface area contributed by atoms with Crippen LogP contribution in [0.15, 0.2) is 24.5 Å². The van der Waals surface area contributed by atoms with Crippen molar-refractivity contribution in [3.05, 3.63) is 30.1 Å². The molecule has 2 aromatic rings. The van der Waals surface area contributed by atoms with Crippen molar-refractivity contribution in [2.45, 2.75) is 51.2 Å². The van der Waals surface area contributed by atoms with Crippen molar-refractivity contribution < 1.29 is 14.3 Å². The first-order valence-corrected chi connectivity index (χ1v) is 8.88. The fourth-order valence-corrected chi connectivity index (χ4v) is 3.60. The molecule has 0 saturated heterocycles. The summed E-state index contributed by atoms with van der Waals surface area (Å²) >= 11 is 0. The number of hydrogen-bond donors (Lipinski definition) is 1. The highest BCUT2D eigenvalue weighted by atomic mass is 16.5. The van der Waals surface area contributed by atoms with Crippen LogP contribution in [0.4, 0.5) is 10.5 Å². The number of H-pyrrole nitrogens is 1. The lowest BCUT2D eigenvalue weighted by molar-refractivity contribution is 0.119. The molecule has 1 aliphatic carbocycles. The number of anilines is 1. The Morgan fingerprint density at radius 3 is 2.80 bits per heavy atom. The maximum Gasteiger partial charge on any atom is 0.414 e. The number of methoxy groups -OCH3 is 1. The van der Waals surface area contributed by atoms with Crippen molar-refractivity contribution in [3.8, 4) is 16.9 Å². The van der Waals surface area contributed by atoms with E-state index >= 15 is 0 Å². The van der Waals surface area contributed by atoms with Crippen molar-refractivity contribution in [2.24, 2.45) is 0 Å². The molecule has 1 atom stereocenters. The topological polar surface area (TPSA) is 67.5 Å². The van der Waals surface area contributed by atoms with Crippen LogP contribution >= 0.6 is 0 Å². The van der Waals surface area contributed by atoms with Gasteiger partial charge >= 0.3 is 6.09 Å². The van der Waals surface area contributed by atoms with Crippen LogP contribution in [0.3, 0.4) is 0 Å². The van der Waals surface area contributed by atoms with Crippen LogP contribution in [0.5, 0.6) is 5.75 Å². The molecule has 132 valence electrons. The third-order valence-electron chi connectivity index (χ3n) is 5.27. The summed E-state index contributed by atoms with van der Waals surface area (Å²) in [4.78, 5) is 14.0. The second kappa shape index (κ2) is 6.43. The summed E-state index contributed by atoms with van der Waals surface area (Å²) in [6.45, 7) is 2.05. The van der Waals surface area contributed by atoms with Gasteiger partial charge in [0.15, 0.2) is 0 Å². The lowest BCUT2D eigenvalue weighted by atomic mass is 9.91. The molecular formula is C19H23N3O3. The summed E-state index contributed by atoms with van der Waals surface area (Å²) in [5, 5.41) is 6.94. The molecule has 2 aliphatic rings. The second-order valence-electron chi connectivity index (χ2n) is 6.83. The van der Waals surface area contributed by atoms with Gasteiger partial charge in [-0.05, 0) is 51.2 Å². The lowest BCUT2D eigenvalue weighted by Gasteiger charge is -2.36. The minimum atomic E-state index is -0.320. The largest absolute Gasteiger partial charge is 0.489 e. The van der Waals surface area contributed by atoms with Gasteiger partial charge in [0.2, 0.25) is 0 Å². The standard InChI is InChI=1S/C19H23N3O3/c1-12-6-7-16-17(22(12)19(23)24-2)9-8-15(13-10-20-21-11-13)18(16)25-14-4-3-5-14/h8-12,14H,3-7H2,1-2H3,(H,20,21)/t12-/m0/s1. The van der Waals surface area contributed by atoms with Crippen molar-refractivity contribution in [1.82, 2.24) is 10.2 Å². The van der Waals surface area contributed by atoms with Crippen LogP contribution < -0.4 is 9.64 Å². The molecule has 1 fully saturated rings. The minimum Gasteiger partial charge on any atom is -0.489 e. The maximum absolute atomic E-state index is 12.3. The Labute approximate surface area is 147 Å². The molecule has 1 N–H and O–H groups in total. The average molecular weight is 341 g/mol. The molecular weight excluding hydrogens is 318 g/mol. The smallest absolute Gasteiger partial charge is 0.414 e. The quantitative estimate of drug-likeness (QED) is 0.919. The van der Waals surface area contributed by atoms with E-state index in [1.165, 1.54) is 13.5 Å². The fourth-order valence-electron chi connectivity index (χ4n) is 3.60. The summed E-state index contributed by atoms with van der Waals surface area (Å²) in [7, 11) is 1.43. The molecule has 1 saturated carbocycles. The Kier molecular flexibility index (Phi) is 4.11. The van der Waals surface area contributed by atoms with E-state index < -0.39 is 0 Å². The van der Waals surface area contributed by atoms with Gasteiger partial charge < -0.3 is 9.47 Å². The molecule has 1 aliphatic heterocycles. The molecule has 1 aromatic heterocycles. The number of hydrogen-bond acceptors (Lipinski definition) is 4. The number of aromatic amines is 1. The number of aromatic nitrogens is 2. The Balaban J connectivity index is 1.83. The van der Waals surface area contributed by atoms with Crippen LogP contribution in [0.25, 0.3) is 11.1 Å². The Bertz CT molecular complexity index is 768. The zero-order valence-corrected chi connectivity index (χ0v) is 14.6. The predicted octanol–water partition coefficient (Wildman–Crippen LogP) is 3.92. The number of ether oxygens (including phenoxy) is 2. The summed E-state index contributed by atoms with van der Waals surface area (Å²) in [6, 6.07) is 4.13. The van der Waals surface area contributed by atoms with E-state index in [1.54, 1.807) is 11.1 Å². The minimum absolute atomic E-state index is 0.108. The predicted molar refractivity (Wildman–Crippen MR) is 95.0 cm³/mol. The third-order valence-corrected chi connectivity index (χ3v) is 5.27. The van der Waals surface area contributed by atoms with Gasteiger partial charge in [-0.25, -0.2) is 4.79 Å². The van der Waals surface area contributed by atoms with Gasteiger partial charge in [-0.1, -0.05) is 0 Å². The number of fused-ring (bicyclic) bond motifs is 1. The zero-order valence-electron chi connectivity index (χ0n) is 14.6. The van der Waals surface area contributed by atoms with Gasteiger partial charge in [-0.2, -0.15) is 5.10 Å². The summed E-state index contributed by atoms with van der Waals surface area (Å²) in [5.41, 5.74) is 4.01. The average Bonchev–Trinajstić information content (AvgIpc) is 3.11. The molecule has 6 nitrogen and oxygen atoms in total. The Morgan fingerprint density at radius 1 is 1.32 bits per heavy atom. The molecule has 0 radical (unpaired) electrons. The first kappa shape index (κ1) is 16.0. The van der Waals surface area contributed by atoms with Crippen molar-refractivity contribution in [1.29, 1.82) is 0 Å². The van der Waals surface area contributed by atoms with E-state index in [0.29, 0.717) is 0 Å². The molecule has 4 rings (SSSR count). The molecule has 1 aromatic carbocycles.